The number of hydrogen-bond donors (Lipinski definition) is 2. The molecular weight excluding hydrogens is 262 g/mol. The highest BCUT2D eigenvalue weighted by Gasteiger charge is 2.11. The predicted octanol–water partition coefficient (Wildman–Crippen LogP) is 2.95. The summed E-state index contributed by atoms with van der Waals surface area (Å²) in [6.45, 7) is 2.66. The standard InChI is InChI=1S/C18H23NO2/c1-14(12-16-10-6-7-11-18(16)21-2)19-13-17(20)15-8-4-3-5-9-15/h3-11,14,17,19-20H,12-13H2,1-2H3. The van der Waals surface area contributed by atoms with E-state index in [1.807, 2.05) is 48.5 Å². The van der Waals surface area contributed by atoms with Crippen LogP contribution in [0.25, 0.3) is 0 Å². The van der Waals surface area contributed by atoms with Gasteiger partial charge in [-0.3, -0.25) is 0 Å². The van der Waals surface area contributed by atoms with E-state index in [1.54, 1.807) is 7.11 Å². The molecule has 0 radical (unpaired) electrons. The minimum atomic E-state index is -0.480. The van der Waals surface area contributed by atoms with Crippen molar-refractivity contribution in [1.29, 1.82) is 0 Å². The van der Waals surface area contributed by atoms with Crippen LogP contribution >= 0.6 is 0 Å². The zero-order valence-corrected chi connectivity index (χ0v) is 12.6. The number of hydrogen-bond acceptors (Lipinski definition) is 3. The quantitative estimate of drug-likeness (QED) is 0.822. The Morgan fingerprint density at radius 3 is 2.43 bits per heavy atom. The Labute approximate surface area is 126 Å². The number of benzene rings is 2. The molecule has 2 N–H and O–H groups in total. The first kappa shape index (κ1) is 15.5. The molecule has 2 aromatic rings. The van der Waals surface area contributed by atoms with Crippen molar-refractivity contribution in [3.05, 3.63) is 65.7 Å². The Hall–Kier alpha value is -1.84. The molecule has 0 fully saturated rings. The van der Waals surface area contributed by atoms with Crippen LogP contribution in [0.5, 0.6) is 5.75 Å². The summed E-state index contributed by atoms with van der Waals surface area (Å²) in [5.74, 6) is 0.912. The van der Waals surface area contributed by atoms with Crippen molar-refractivity contribution in [1.82, 2.24) is 5.32 Å². The average molecular weight is 285 g/mol. The van der Waals surface area contributed by atoms with Crippen molar-refractivity contribution < 1.29 is 9.84 Å². The lowest BCUT2D eigenvalue weighted by atomic mass is 10.1. The average Bonchev–Trinajstić information content (AvgIpc) is 2.54. The Bertz CT molecular complexity index is 542. The first-order valence-electron chi connectivity index (χ1n) is 7.29. The smallest absolute Gasteiger partial charge is 0.122 e. The van der Waals surface area contributed by atoms with Gasteiger partial charge in [-0.1, -0.05) is 48.5 Å². The van der Waals surface area contributed by atoms with E-state index in [-0.39, 0.29) is 6.04 Å². The van der Waals surface area contributed by atoms with E-state index in [1.165, 1.54) is 5.56 Å². The second-order valence-electron chi connectivity index (χ2n) is 5.25. The normalized spacial score (nSPS) is 13.7. The highest BCUT2D eigenvalue weighted by molar-refractivity contribution is 5.33. The molecule has 0 saturated heterocycles. The van der Waals surface area contributed by atoms with Crippen LogP contribution in [0.2, 0.25) is 0 Å². The molecule has 21 heavy (non-hydrogen) atoms. The molecule has 0 spiro atoms. The monoisotopic (exact) mass is 285 g/mol. The molecule has 2 aromatic carbocycles. The van der Waals surface area contributed by atoms with Gasteiger partial charge in [-0.05, 0) is 30.5 Å². The maximum atomic E-state index is 10.1. The zero-order valence-electron chi connectivity index (χ0n) is 12.6. The molecule has 0 bridgehead atoms. The van der Waals surface area contributed by atoms with Crippen molar-refractivity contribution in [2.24, 2.45) is 0 Å². The SMILES string of the molecule is COc1ccccc1CC(C)NCC(O)c1ccccc1. The molecular formula is C18H23NO2. The van der Waals surface area contributed by atoms with Crippen molar-refractivity contribution in [3.63, 3.8) is 0 Å². The molecule has 3 nitrogen and oxygen atoms in total. The van der Waals surface area contributed by atoms with E-state index in [2.05, 4.69) is 18.3 Å². The largest absolute Gasteiger partial charge is 0.496 e. The third-order valence-electron chi connectivity index (χ3n) is 3.56. The van der Waals surface area contributed by atoms with Crippen molar-refractivity contribution >= 4 is 0 Å². The van der Waals surface area contributed by atoms with Crippen LogP contribution < -0.4 is 10.1 Å². The van der Waals surface area contributed by atoms with Gasteiger partial charge in [-0.25, -0.2) is 0 Å². The molecule has 0 amide bonds. The van der Waals surface area contributed by atoms with Gasteiger partial charge in [0.2, 0.25) is 0 Å². The Balaban J connectivity index is 1.86. The van der Waals surface area contributed by atoms with Gasteiger partial charge >= 0.3 is 0 Å². The molecule has 2 unspecified atom stereocenters. The molecule has 2 atom stereocenters. The number of aliphatic hydroxyl groups is 1. The van der Waals surface area contributed by atoms with Crippen LogP contribution in [0, 0.1) is 0 Å². The lowest BCUT2D eigenvalue weighted by molar-refractivity contribution is 0.170. The van der Waals surface area contributed by atoms with Crippen LogP contribution in [-0.4, -0.2) is 24.8 Å². The van der Waals surface area contributed by atoms with Gasteiger partial charge in [0.15, 0.2) is 0 Å². The molecule has 0 aliphatic carbocycles. The summed E-state index contributed by atoms with van der Waals surface area (Å²) in [5, 5.41) is 13.5. The predicted molar refractivity (Wildman–Crippen MR) is 85.6 cm³/mol. The lowest BCUT2D eigenvalue weighted by Gasteiger charge is -2.18. The summed E-state index contributed by atoms with van der Waals surface area (Å²) in [6, 6.07) is 18.0. The summed E-state index contributed by atoms with van der Waals surface area (Å²) in [7, 11) is 1.69. The second-order valence-corrected chi connectivity index (χ2v) is 5.25. The van der Waals surface area contributed by atoms with E-state index in [9.17, 15) is 5.11 Å². The molecule has 0 aromatic heterocycles. The van der Waals surface area contributed by atoms with Gasteiger partial charge in [0, 0.05) is 12.6 Å². The number of nitrogens with one attached hydrogen (secondary N) is 1. The molecule has 0 aliphatic heterocycles. The summed E-state index contributed by atoms with van der Waals surface area (Å²) in [4.78, 5) is 0. The first-order chi connectivity index (χ1) is 10.2. The minimum absolute atomic E-state index is 0.264. The third kappa shape index (κ3) is 4.59. The number of para-hydroxylation sites is 1. The summed E-state index contributed by atoms with van der Waals surface area (Å²) in [6.07, 6.45) is 0.386. The van der Waals surface area contributed by atoms with E-state index in [4.69, 9.17) is 4.74 Å². The molecule has 112 valence electrons. The molecule has 0 heterocycles. The minimum Gasteiger partial charge on any atom is -0.496 e. The van der Waals surface area contributed by atoms with Crippen molar-refractivity contribution in [2.75, 3.05) is 13.7 Å². The van der Waals surface area contributed by atoms with Crippen LogP contribution in [0.1, 0.15) is 24.2 Å². The Morgan fingerprint density at radius 2 is 1.71 bits per heavy atom. The van der Waals surface area contributed by atoms with Gasteiger partial charge in [0.25, 0.3) is 0 Å². The van der Waals surface area contributed by atoms with Crippen LogP contribution in [-0.2, 0) is 6.42 Å². The van der Waals surface area contributed by atoms with Gasteiger partial charge in [0.05, 0.1) is 13.2 Å². The maximum Gasteiger partial charge on any atom is 0.122 e. The van der Waals surface area contributed by atoms with Gasteiger partial charge < -0.3 is 15.2 Å². The van der Waals surface area contributed by atoms with Crippen LogP contribution in [0.4, 0.5) is 0 Å². The third-order valence-corrected chi connectivity index (χ3v) is 3.56. The fourth-order valence-electron chi connectivity index (χ4n) is 2.38. The van der Waals surface area contributed by atoms with E-state index in [0.717, 1.165) is 17.7 Å². The zero-order chi connectivity index (χ0) is 15.1. The Kier molecular flexibility index (Phi) is 5.78. The number of rotatable bonds is 7. The van der Waals surface area contributed by atoms with E-state index >= 15 is 0 Å². The van der Waals surface area contributed by atoms with Crippen molar-refractivity contribution in [3.8, 4) is 5.75 Å². The van der Waals surface area contributed by atoms with Gasteiger partial charge in [0.1, 0.15) is 5.75 Å². The van der Waals surface area contributed by atoms with Gasteiger partial charge in [-0.2, -0.15) is 0 Å². The Morgan fingerprint density at radius 1 is 1.05 bits per heavy atom. The summed E-state index contributed by atoms with van der Waals surface area (Å²) in [5.41, 5.74) is 2.11. The molecule has 3 heteroatoms. The number of methoxy groups -OCH3 is 1. The fourth-order valence-corrected chi connectivity index (χ4v) is 2.38. The van der Waals surface area contributed by atoms with Crippen LogP contribution in [0.15, 0.2) is 54.6 Å². The highest BCUT2D eigenvalue weighted by Crippen LogP contribution is 2.19. The number of aliphatic hydroxyl groups excluding tert-OH is 1. The van der Waals surface area contributed by atoms with Crippen LogP contribution in [0.3, 0.4) is 0 Å². The maximum absolute atomic E-state index is 10.1. The first-order valence-corrected chi connectivity index (χ1v) is 7.29. The summed E-state index contributed by atoms with van der Waals surface area (Å²) >= 11 is 0. The number of ether oxygens (including phenoxy) is 1. The topological polar surface area (TPSA) is 41.5 Å². The molecule has 2 rings (SSSR count). The van der Waals surface area contributed by atoms with Crippen molar-refractivity contribution in [2.45, 2.75) is 25.5 Å². The van der Waals surface area contributed by atoms with E-state index < -0.39 is 6.10 Å². The van der Waals surface area contributed by atoms with E-state index in [0.29, 0.717) is 6.54 Å². The fraction of sp³-hybridized carbons (Fsp3) is 0.333. The highest BCUT2D eigenvalue weighted by atomic mass is 16.5. The molecule has 0 aliphatic rings. The second kappa shape index (κ2) is 7.81. The van der Waals surface area contributed by atoms with Gasteiger partial charge in [-0.15, -0.1) is 0 Å². The summed E-state index contributed by atoms with van der Waals surface area (Å²) < 4.78 is 5.36. The molecule has 0 saturated carbocycles. The lowest BCUT2D eigenvalue weighted by Crippen LogP contribution is -2.32.